The van der Waals surface area contributed by atoms with Gasteiger partial charge in [-0.1, -0.05) is 61.8 Å². The van der Waals surface area contributed by atoms with E-state index < -0.39 is 9.84 Å². The van der Waals surface area contributed by atoms with Gasteiger partial charge in [0.1, 0.15) is 9.84 Å². The van der Waals surface area contributed by atoms with Gasteiger partial charge in [0.15, 0.2) is 0 Å². The van der Waals surface area contributed by atoms with Gasteiger partial charge in [-0.3, -0.25) is 0 Å². The van der Waals surface area contributed by atoms with Gasteiger partial charge in [-0.2, -0.15) is 83.6 Å². The van der Waals surface area contributed by atoms with Gasteiger partial charge in [0.2, 0.25) is 0 Å². The van der Waals surface area contributed by atoms with E-state index in [2.05, 4.69) is 72.3 Å². The van der Waals surface area contributed by atoms with Crippen LogP contribution in [0.4, 0.5) is 0 Å². The van der Waals surface area contributed by atoms with E-state index in [1.165, 1.54) is 17.5 Å². The van der Waals surface area contributed by atoms with Crippen LogP contribution < -0.4 is 0 Å². The predicted molar refractivity (Wildman–Crippen MR) is 154 cm³/mol. The fraction of sp³-hybridized carbons (Fsp3) is 0.571. The zero-order chi connectivity index (χ0) is 27.3. The van der Waals surface area contributed by atoms with Crippen LogP contribution in [-0.4, -0.2) is 47.7 Å². The number of sulfone groups is 1. The van der Waals surface area contributed by atoms with Crippen LogP contribution in [0, 0.1) is 31.4 Å². The molecule has 0 aliphatic rings. The maximum absolute atomic E-state index is 9.63. The van der Waals surface area contributed by atoms with Gasteiger partial charge in [-0.15, -0.1) is 0 Å². The number of hydrogen-bond acceptors (Lipinski definition) is 4. The Hall–Kier alpha value is -0.196. The average molecular weight is 590 g/mol. The molecule has 2 aromatic rings. The second-order valence-electron chi connectivity index (χ2n) is 8.82. The number of benzene rings is 2. The third kappa shape index (κ3) is 121. The van der Waals surface area contributed by atoms with E-state index in [4.69, 9.17) is 0 Å². The molecule has 0 unspecified atom stereocenters. The molecule has 2 aromatic carbocycles. The molecule has 1 radical (unpaired) electrons. The van der Waals surface area contributed by atoms with E-state index in [-0.39, 0.29) is 32.7 Å². The molecule has 0 aromatic heterocycles. The minimum absolute atomic E-state index is 0. The number of hydrogen-bond donors (Lipinski definition) is 0. The van der Waals surface area contributed by atoms with Gasteiger partial charge in [0.25, 0.3) is 0 Å². The smallest absolute Gasteiger partial charge is 0.144 e. The molecule has 0 spiro atoms. The fourth-order valence-electron chi connectivity index (χ4n) is 0.940. The fourth-order valence-corrected chi connectivity index (χ4v) is 0.940. The zero-order valence-electron chi connectivity index (χ0n) is 24.4. The number of methoxy groups -OCH3 is 1. The Bertz CT molecular complexity index is 614. The van der Waals surface area contributed by atoms with Crippen molar-refractivity contribution in [3.05, 3.63) is 71.8 Å². The third-order valence-electron chi connectivity index (χ3n) is 1.77. The Morgan fingerprint density at radius 2 is 0.912 bits per heavy atom. The molecule has 0 saturated carbocycles. The Morgan fingerprint density at radius 3 is 0.971 bits per heavy atom. The van der Waals surface area contributed by atoms with E-state index in [9.17, 15) is 8.42 Å². The molecule has 0 saturated heterocycles. The van der Waals surface area contributed by atoms with Gasteiger partial charge >= 0.3 is 0 Å². The number of rotatable bonds is 0. The number of ether oxygens (including phenoxy) is 1. The van der Waals surface area contributed by atoms with Crippen molar-refractivity contribution in [2.45, 2.75) is 61.8 Å². The summed E-state index contributed by atoms with van der Waals surface area (Å²) in [6, 6.07) is 21.6. The summed E-state index contributed by atoms with van der Waals surface area (Å²) >= 11 is 1.75. The van der Waals surface area contributed by atoms with Crippen LogP contribution in [0.5, 0.6) is 0 Å². The van der Waals surface area contributed by atoms with E-state index in [0.717, 1.165) is 12.5 Å². The molecule has 34 heavy (non-hydrogen) atoms. The molecule has 0 bridgehead atoms. The molecule has 0 N–H and O–H groups in total. The summed E-state index contributed by atoms with van der Waals surface area (Å²) in [6.45, 7) is 17.1. The van der Waals surface area contributed by atoms with Crippen molar-refractivity contribution in [3.63, 3.8) is 0 Å². The maximum Gasteiger partial charge on any atom is 0.144 e. The minimum Gasteiger partial charge on any atom is -0.388 e. The molecule has 0 atom stereocenters. The van der Waals surface area contributed by atoms with Crippen molar-refractivity contribution in [2.75, 3.05) is 39.2 Å². The van der Waals surface area contributed by atoms with E-state index in [1.807, 2.05) is 61.0 Å². The van der Waals surface area contributed by atoms with Gasteiger partial charge in [-0.25, -0.2) is 8.42 Å². The van der Waals surface area contributed by atoms with E-state index in [0.29, 0.717) is 5.41 Å². The summed E-state index contributed by atoms with van der Waals surface area (Å²) < 4.78 is 23.5. The van der Waals surface area contributed by atoms with Crippen LogP contribution in [0.2, 0.25) is 0 Å². The Morgan fingerprint density at radius 1 is 0.794 bits per heavy atom. The molecule has 0 aliphatic heterocycles. The molecule has 3 nitrogen and oxygen atoms in total. The Balaban J connectivity index is -0.0000000692. The van der Waals surface area contributed by atoms with Crippen LogP contribution in [0.1, 0.15) is 59.1 Å². The minimum atomic E-state index is -2.67. The predicted octanol–water partition coefficient (Wildman–Crippen LogP) is 7.96. The summed E-state index contributed by atoms with van der Waals surface area (Å²) in [5, 5.41) is 0. The molecule has 0 fully saturated rings. The van der Waals surface area contributed by atoms with Crippen LogP contribution in [0.3, 0.4) is 0 Å². The normalized spacial score (nSPS) is 8.65. The first kappa shape index (κ1) is 47.1. The molecule has 2 rings (SSSR count). The van der Waals surface area contributed by atoms with E-state index in [1.54, 1.807) is 26.0 Å². The molecule has 6 heteroatoms. The molecular formula is C28H52O3S2Y-2. The van der Waals surface area contributed by atoms with Crippen LogP contribution >= 0.6 is 11.8 Å². The average Bonchev–Trinajstić information content (AvgIpc) is 2.63. The van der Waals surface area contributed by atoms with E-state index >= 15 is 0 Å². The second kappa shape index (κ2) is 35.0. The first-order chi connectivity index (χ1) is 15.0. The van der Waals surface area contributed by atoms with Crippen molar-refractivity contribution in [3.8, 4) is 0 Å². The third-order valence-corrected chi connectivity index (χ3v) is 1.77. The van der Waals surface area contributed by atoms with Crippen LogP contribution in [0.25, 0.3) is 0 Å². The van der Waals surface area contributed by atoms with Crippen molar-refractivity contribution < 1.29 is 45.9 Å². The topological polar surface area (TPSA) is 43.4 Å². The molecule has 199 valence electrons. The number of aryl methyl sites for hydroxylation is 2. The first-order valence-electron chi connectivity index (χ1n) is 10.8. The van der Waals surface area contributed by atoms with Crippen molar-refractivity contribution in [1.82, 2.24) is 0 Å². The summed E-state index contributed by atoms with van der Waals surface area (Å²) in [5.41, 5.74) is 3.08. The SMILES string of the molecule is CC(C)(C)C.CCC.COC.CS(C)(=O)=O.CSC.Cc1cc[c-]cc1.Cc1cc[c-]cc1.[Y]. The quantitative estimate of drug-likeness (QED) is 0.293. The molecular weight excluding hydrogens is 537 g/mol. The summed E-state index contributed by atoms with van der Waals surface area (Å²) in [7, 11) is 0.583. The molecule has 0 amide bonds. The molecule has 0 aliphatic carbocycles. The van der Waals surface area contributed by atoms with Crippen molar-refractivity contribution in [1.29, 1.82) is 0 Å². The Labute approximate surface area is 244 Å². The van der Waals surface area contributed by atoms with Gasteiger partial charge in [-0.05, 0) is 17.9 Å². The summed E-state index contributed by atoms with van der Waals surface area (Å²) in [6.07, 6.45) is 7.65. The summed E-state index contributed by atoms with van der Waals surface area (Å²) in [4.78, 5) is 0. The largest absolute Gasteiger partial charge is 0.388 e. The van der Waals surface area contributed by atoms with Crippen molar-refractivity contribution >= 4 is 21.6 Å². The zero-order valence-corrected chi connectivity index (χ0v) is 28.9. The van der Waals surface area contributed by atoms with Crippen LogP contribution in [0.15, 0.2) is 48.5 Å². The summed E-state index contributed by atoms with van der Waals surface area (Å²) in [5.74, 6) is 0. The second-order valence-corrected chi connectivity index (χ2v) is 11.9. The monoisotopic (exact) mass is 589 g/mol. The van der Waals surface area contributed by atoms with Crippen molar-refractivity contribution in [2.24, 2.45) is 5.41 Å². The van der Waals surface area contributed by atoms with Gasteiger partial charge in [0, 0.05) is 59.4 Å². The van der Waals surface area contributed by atoms with Gasteiger partial charge < -0.3 is 4.74 Å². The maximum atomic E-state index is 9.63. The first-order valence-corrected chi connectivity index (χ1v) is 14.8. The van der Waals surface area contributed by atoms with Crippen LogP contribution in [-0.2, 0) is 47.3 Å². The number of thioether (sulfide) groups is 1. The molecule has 0 heterocycles. The standard InChI is InChI=1S/2C7H7.C5H12.C3H8.C2H6O2S.C2H6O.C2H6S.Y/c2*1-7-5-3-2-4-6-7;1-5(2,3)4;1-3-2;1-5(2,3)4;2*1-3-2;/h2*3-6H,1H3;1-4H3;3H2,1-2H3;1-2H3;2*1-2H3;/q2*-1;;;;;;. The Kier molecular flexibility index (Phi) is 48.4. The van der Waals surface area contributed by atoms with Gasteiger partial charge in [0.05, 0.1) is 0 Å².